The molecule has 0 unspecified atom stereocenters. The fraction of sp³-hybridized carbons (Fsp3) is 0.360. The maximum atomic E-state index is 13.2. The van der Waals surface area contributed by atoms with Crippen LogP contribution in [0, 0.1) is 20.8 Å². The van der Waals surface area contributed by atoms with E-state index >= 15 is 0 Å². The van der Waals surface area contributed by atoms with E-state index in [1.807, 2.05) is 37.8 Å². The second-order valence-corrected chi connectivity index (χ2v) is 7.62. The van der Waals surface area contributed by atoms with Crippen LogP contribution >= 0.6 is 0 Å². The monoisotopic (exact) mass is 391 g/mol. The molecule has 1 amide bonds. The molecule has 0 bridgehead atoms. The second kappa shape index (κ2) is 8.64. The number of rotatable bonds is 6. The van der Waals surface area contributed by atoms with Crippen molar-refractivity contribution >= 4 is 16.9 Å². The van der Waals surface area contributed by atoms with E-state index in [0.29, 0.717) is 40.9 Å². The predicted octanol–water partition coefficient (Wildman–Crippen LogP) is 5.65. The number of hydrogen-bond acceptors (Lipinski definition) is 3. The van der Waals surface area contributed by atoms with E-state index in [2.05, 4.69) is 13.0 Å². The van der Waals surface area contributed by atoms with Gasteiger partial charge in [0.25, 0.3) is 5.91 Å². The van der Waals surface area contributed by atoms with Crippen LogP contribution in [0.4, 0.5) is 0 Å². The molecule has 2 aromatic carbocycles. The number of para-hydroxylation sites is 1. The Morgan fingerprint density at radius 1 is 1.07 bits per heavy atom. The summed E-state index contributed by atoms with van der Waals surface area (Å²) in [6.45, 7) is 11.2. The molecule has 0 saturated carbocycles. The van der Waals surface area contributed by atoms with Gasteiger partial charge in [0.05, 0.1) is 10.9 Å². The highest BCUT2D eigenvalue weighted by Crippen LogP contribution is 2.30. The van der Waals surface area contributed by atoms with Gasteiger partial charge in [-0.05, 0) is 51.8 Å². The van der Waals surface area contributed by atoms with Crippen molar-refractivity contribution in [2.45, 2.75) is 47.5 Å². The SMILES string of the molecule is CCCCN(CC)C(=O)c1cccc2c(=O)c(C)c(-c3ccc(C)cc3C)oc12. The summed E-state index contributed by atoms with van der Waals surface area (Å²) in [7, 11) is 0. The molecule has 3 aromatic rings. The summed E-state index contributed by atoms with van der Waals surface area (Å²) in [6, 6.07) is 11.3. The molecule has 0 saturated heterocycles. The van der Waals surface area contributed by atoms with Gasteiger partial charge in [-0.1, -0.05) is 43.2 Å². The third-order valence-electron chi connectivity index (χ3n) is 5.45. The number of carbonyl (C=O) groups is 1. The van der Waals surface area contributed by atoms with Crippen molar-refractivity contribution in [1.29, 1.82) is 0 Å². The lowest BCUT2D eigenvalue weighted by atomic mass is 9.99. The van der Waals surface area contributed by atoms with Crippen LogP contribution in [0.1, 0.15) is 53.7 Å². The summed E-state index contributed by atoms with van der Waals surface area (Å²) in [6.07, 6.45) is 1.96. The Balaban J connectivity index is 2.23. The zero-order valence-corrected chi connectivity index (χ0v) is 18.0. The Bertz CT molecular complexity index is 1110. The maximum Gasteiger partial charge on any atom is 0.257 e. The molecule has 0 aliphatic carbocycles. The van der Waals surface area contributed by atoms with Crippen LogP contribution in [-0.2, 0) is 0 Å². The fourth-order valence-electron chi connectivity index (χ4n) is 3.73. The molecule has 0 N–H and O–H groups in total. The summed E-state index contributed by atoms with van der Waals surface area (Å²) in [5.41, 5.74) is 4.36. The van der Waals surface area contributed by atoms with Gasteiger partial charge >= 0.3 is 0 Å². The minimum absolute atomic E-state index is 0.0903. The zero-order valence-electron chi connectivity index (χ0n) is 18.0. The minimum atomic E-state index is -0.0925. The first-order chi connectivity index (χ1) is 13.9. The average Bonchev–Trinajstić information content (AvgIpc) is 2.71. The number of nitrogens with zero attached hydrogens (tertiary/aromatic N) is 1. The van der Waals surface area contributed by atoms with Gasteiger partial charge in [0.2, 0.25) is 0 Å². The Kier molecular flexibility index (Phi) is 6.21. The molecule has 0 fully saturated rings. The van der Waals surface area contributed by atoms with E-state index in [4.69, 9.17) is 4.42 Å². The lowest BCUT2D eigenvalue weighted by Gasteiger charge is -2.21. The number of unbranched alkanes of at least 4 members (excludes halogenated alkanes) is 1. The summed E-state index contributed by atoms with van der Waals surface area (Å²) in [5.74, 6) is 0.446. The smallest absolute Gasteiger partial charge is 0.257 e. The highest BCUT2D eigenvalue weighted by molar-refractivity contribution is 6.05. The number of fused-ring (bicyclic) bond motifs is 1. The van der Waals surface area contributed by atoms with E-state index in [0.717, 1.165) is 29.5 Å². The fourth-order valence-corrected chi connectivity index (χ4v) is 3.73. The number of benzene rings is 2. The molecular formula is C25H29NO3. The van der Waals surface area contributed by atoms with Crippen LogP contribution in [0.3, 0.4) is 0 Å². The molecule has 1 heterocycles. The van der Waals surface area contributed by atoms with Crippen molar-refractivity contribution < 1.29 is 9.21 Å². The second-order valence-electron chi connectivity index (χ2n) is 7.62. The van der Waals surface area contributed by atoms with E-state index in [1.54, 1.807) is 25.1 Å². The van der Waals surface area contributed by atoms with E-state index in [9.17, 15) is 9.59 Å². The Labute approximate surface area is 172 Å². The quantitative estimate of drug-likeness (QED) is 0.546. The summed E-state index contributed by atoms with van der Waals surface area (Å²) in [5, 5.41) is 0.452. The predicted molar refractivity (Wildman–Crippen MR) is 119 cm³/mol. The van der Waals surface area contributed by atoms with Gasteiger partial charge in [0, 0.05) is 24.2 Å². The molecule has 0 atom stereocenters. The molecule has 0 radical (unpaired) electrons. The maximum absolute atomic E-state index is 13.2. The minimum Gasteiger partial charge on any atom is -0.455 e. The van der Waals surface area contributed by atoms with Crippen LogP contribution in [-0.4, -0.2) is 23.9 Å². The van der Waals surface area contributed by atoms with Crippen LogP contribution in [0.25, 0.3) is 22.3 Å². The third kappa shape index (κ3) is 3.98. The number of hydrogen-bond donors (Lipinski definition) is 0. The van der Waals surface area contributed by atoms with Crippen LogP contribution < -0.4 is 5.43 Å². The molecule has 0 aliphatic heterocycles. The van der Waals surface area contributed by atoms with Crippen molar-refractivity contribution in [3.63, 3.8) is 0 Å². The van der Waals surface area contributed by atoms with Gasteiger partial charge in [0.1, 0.15) is 5.76 Å². The van der Waals surface area contributed by atoms with Gasteiger partial charge in [-0.2, -0.15) is 0 Å². The van der Waals surface area contributed by atoms with Crippen LogP contribution in [0.2, 0.25) is 0 Å². The number of amides is 1. The van der Waals surface area contributed by atoms with E-state index in [-0.39, 0.29) is 11.3 Å². The first kappa shape index (κ1) is 20.8. The van der Waals surface area contributed by atoms with Crippen molar-refractivity contribution in [1.82, 2.24) is 4.90 Å². The van der Waals surface area contributed by atoms with Gasteiger partial charge in [-0.15, -0.1) is 0 Å². The zero-order chi connectivity index (χ0) is 21.1. The molecule has 152 valence electrons. The molecule has 1 aromatic heterocycles. The molecule has 4 nitrogen and oxygen atoms in total. The highest BCUT2D eigenvalue weighted by atomic mass is 16.3. The number of carbonyl (C=O) groups excluding carboxylic acids is 1. The molecule has 4 heteroatoms. The normalized spacial score (nSPS) is 11.1. The van der Waals surface area contributed by atoms with Crippen molar-refractivity contribution in [3.05, 3.63) is 68.9 Å². The Morgan fingerprint density at radius 2 is 1.83 bits per heavy atom. The molecular weight excluding hydrogens is 362 g/mol. The lowest BCUT2D eigenvalue weighted by molar-refractivity contribution is 0.0763. The first-order valence-electron chi connectivity index (χ1n) is 10.3. The standard InChI is InChI=1S/C25H29NO3/c1-6-8-14-26(7-2)25(28)21-11-9-10-20-22(27)18(5)23(29-24(20)21)19-13-12-16(3)15-17(19)4/h9-13,15H,6-8,14H2,1-5H3. The van der Waals surface area contributed by atoms with Crippen molar-refractivity contribution in [3.8, 4) is 11.3 Å². The number of aryl methyl sites for hydroxylation is 2. The summed E-state index contributed by atoms with van der Waals surface area (Å²) in [4.78, 5) is 28.1. The van der Waals surface area contributed by atoms with Gasteiger partial charge in [-0.3, -0.25) is 9.59 Å². The van der Waals surface area contributed by atoms with Crippen LogP contribution in [0.15, 0.2) is 45.6 Å². The van der Waals surface area contributed by atoms with E-state index < -0.39 is 0 Å². The summed E-state index contributed by atoms with van der Waals surface area (Å²) < 4.78 is 6.28. The summed E-state index contributed by atoms with van der Waals surface area (Å²) >= 11 is 0. The molecule has 29 heavy (non-hydrogen) atoms. The Morgan fingerprint density at radius 3 is 2.48 bits per heavy atom. The van der Waals surface area contributed by atoms with Crippen molar-refractivity contribution in [2.24, 2.45) is 0 Å². The third-order valence-corrected chi connectivity index (χ3v) is 5.45. The molecule has 0 spiro atoms. The van der Waals surface area contributed by atoms with Crippen molar-refractivity contribution in [2.75, 3.05) is 13.1 Å². The first-order valence-corrected chi connectivity index (χ1v) is 10.3. The highest BCUT2D eigenvalue weighted by Gasteiger charge is 2.21. The molecule has 0 aliphatic rings. The largest absolute Gasteiger partial charge is 0.455 e. The van der Waals surface area contributed by atoms with Gasteiger partial charge < -0.3 is 9.32 Å². The lowest BCUT2D eigenvalue weighted by Crippen LogP contribution is -2.32. The average molecular weight is 392 g/mol. The topological polar surface area (TPSA) is 50.5 Å². The van der Waals surface area contributed by atoms with E-state index in [1.165, 1.54) is 0 Å². The van der Waals surface area contributed by atoms with Crippen LogP contribution in [0.5, 0.6) is 0 Å². The Hall–Kier alpha value is -2.88. The van der Waals surface area contributed by atoms with Gasteiger partial charge in [0.15, 0.2) is 11.0 Å². The van der Waals surface area contributed by atoms with Gasteiger partial charge in [-0.25, -0.2) is 0 Å². The molecule has 3 rings (SSSR count).